The van der Waals surface area contributed by atoms with Crippen molar-refractivity contribution in [2.24, 2.45) is 5.11 Å². The van der Waals surface area contributed by atoms with Crippen LogP contribution in [0.15, 0.2) is 35.4 Å². The minimum absolute atomic E-state index is 0.00153. The zero-order valence-electron chi connectivity index (χ0n) is 8.02. The molecule has 0 N–H and O–H groups in total. The van der Waals surface area contributed by atoms with Crippen molar-refractivity contribution >= 4 is 5.82 Å². The van der Waals surface area contributed by atoms with Gasteiger partial charge < -0.3 is 0 Å². The lowest BCUT2D eigenvalue weighted by atomic mass is 10.3. The topological polar surface area (TPSA) is 103 Å². The van der Waals surface area contributed by atoms with Crippen molar-refractivity contribution in [3.05, 3.63) is 46.5 Å². The summed E-state index contributed by atoms with van der Waals surface area (Å²) in [6.07, 6.45) is 0. The van der Waals surface area contributed by atoms with E-state index in [9.17, 15) is 0 Å². The maximum Gasteiger partial charge on any atom is 0.192 e. The second-order valence-electron chi connectivity index (χ2n) is 2.81. The Morgan fingerprint density at radius 3 is 2.75 bits per heavy atom. The molecule has 2 rings (SSSR count). The van der Waals surface area contributed by atoms with Gasteiger partial charge in [0.25, 0.3) is 0 Å². The normalized spacial score (nSPS) is 9.19. The molecule has 0 spiro atoms. The predicted molar refractivity (Wildman–Crippen MR) is 54.9 cm³/mol. The van der Waals surface area contributed by atoms with E-state index in [2.05, 4.69) is 20.3 Å². The summed E-state index contributed by atoms with van der Waals surface area (Å²) >= 11 is 0. The number of azide groups is 1. The van der Waals surface area contributed by atoms with Gasteiger partial charge in [0, 0.05) is 4.91 Å². The van der Waals surface area contributed by atoms with E-state index in [1.807, 2.05) is 24.3 Å². The first kappa shape index (κ1) is 9.71. The Kier molecular flexibility index (Phi) is 2.50. The summed E-state index contributed by atoms with van der Waals surface area (Å²) < 4.78 is 1.32. The fourth-order valence-electron chi connectivity index (χ4n) is 1.22. The van der Waals surface area contributed by atoms with Gasteiger partial charge in [0.2, 0.25) is 0 Å². The van der Waals surface area contributed by atoms with Crippen LogP contribution in [-0.2, 0) is 0 Å². The number of hydrogen-bond donors (Lipinski definition) is 0. The number of hydrogen-bond acceptors (Lipinski definition) is 4. The minimum atomic E-state index is 0.00153. The average Bonchev–Trinajstić information content (AvgIpc) is 2.74. The van der Waals surface area contributed by atoms with Crippen LogP contribution >= 0.6 is 0 Å². The Hall–Kier alpha value is -2.84. The fraction of sp³-hybridized carbons (Fsp3) is 0. The number of benzene rings is 1. The Morgan fingerprint density at radius 1 is 1.38 bits per heavy atom. The van der Waals surface area contributed by atoms with Crippen molar-refractivity contribution in [2.75, 3.05) is 0 Å². The lowest BCUT2D eigenvalue weighted by Crippen LogP contribution is -1.95. The monoisotopic (exact) mass is 211 g/mol. The van der Waals surface area contributed by atoms with Crippen LogP contribution in [0.5, 0.6) is 0 Å². The number of aromatic nitrogens is 3. The molecule has 1 aromatic heterocycles. The van der Waals surface area contributed by atoms with E-state index in [1.165, 1.54) is 4.68 Å². The third-order valence-corrected chi connectivity index (χ3v) is 1.89. The summed E-state index contributed by atoms with van der Waals surface area (Å²) in [5.41, 5.74) is 9.09. The van der Waals surface area contributed by atoms with Crippen LogP contribution in [0.1, 0.15) is 5.69 Å². The highest BCUT2D eigenvalue weighted by Crippen LogP contribution is 2.20. The zero-order chi connectivity index (χ0) is 11.4. The summed E-state index contributed by atoms with van der Waals surface area (Å²) in [5, 5.41) is 19.5. The number of rotatable bonds is 2. The predicted octanol–water partition coefficient (Wildman–Crippen LogP) is 2.08. The third-order valence-electron chi connectivity index (χ3n) is 1.89. The molecule has 0 amide bonds. The van der Waals surface area contributed by atoms with E-state index in [0.29, 0.717) is 5.69 Å². The van der Waals surface area contributed by atoms with Crippen LogP contribution in [-0.4, -0.2) is 15.0 Å². The van der Waals surface area contributed by atoms with Gasteiger partial charge in [-0.3, -0.25) is 0 Å². The van der Waals surface area contributed by atoms with Gasteiger partial charge in [0.15, 0.2) is 11.5 Å². The lowest BCUT2D eigenvalue weighted by Gasteiger charge is -2.00. The maximum atomic E-state index is 8.76. The molecule has 1 heterocycles. The van der Waals surface area contributed by atoms with E-state index in [1.54, 1.807) is 12.1 Å². The van der Waals surface area contributed by atoms with Crippen molar-refractivity contribution in [2.45, 2.75) is 0 Å². The van der Waals surface area contributed by atoms with E-state index in [-0.39, 0.29) is 11.5 Å². The number of nitriles is 1. The largest absolute Gasteiger partial charge is 0.210 e. The molecule has 0 radical (unpaired) electrons. The molecule has 7 heteroatoms. The molecular weight excluding hydrogens is 206 g/mol. The summed E-state index contributed by atoms with van der Waals surface area (Å²) in [4.78, 5) is 2.65. The van der Waals surface area contributed by atoms with Crippen LogP contribution in [0.2, 0.25) is 0 Å². The van der Waals surface area contributed by atoms with Crippen molar-refractivity contribution in [1.29, 1.82) is 5.26 Å². The summed E-state index contributed by atoms with van der Waals surface area (Å²) in [6.45, 7) is 0. The molecule has 0 saturated heterocycles. The second-order valence-corrected chi connectivity index (χ2v) is 2.81. The Bertz CT molecular complexity index is 586. The van der Waals surface area contributed by atoms with E-state index in [0.717, 1.165) is 0 Å². The second kappa shape index (κ2) is 4.13. The van der Waals surface area contributed by atoms with Gasteiger partial charge in [-0.15, -0.1) is 5.10 Å². The third kappa shape index (κ3) is 1.56. The highest BCUT2D eigenvalue weighted by Gasteiger charge is 2.11. The van der Waals surface area contributed by atoms with Crippen molar-refractivity contribution in [3.8, 4) is 11.8 Å². The molecule has 7 nitrogen and oxygen atoms in total. The molecule has 1 aromatic carbocycles. The molecule has 0 bridgehead atoms. The average molecular weight is 211 g/mol. The summed E-state index contributed by atoms with van der Waals surface area (Å²) in [5.74, 6) is 0.0937. The van der Waals surface area contributed by atoms with Crippen LogP contribution in [0.3, 0.4) is 0 Å². The van der Waals surface area contributed by atoms with Crippen molar-refractivity contribution in [3.63, 3.8) is 0 Å². The summed E-state index contributed by atoms with van der Waals surface area (Å²) in [7, 11) is 0. The molecule has 0 saturated carbocycles. The van der Waals surface area contributed by atoms with Gasteiger partial charge in [-0.05, 0) is 22.8 Å². The van der Waals surface area contributed by atoms with Gasteiger partial charge in [-0.2, -0.15) is 5.26 Å². The zero-order valence-corrected chi connectivity index (χ0v) is 8.02. The molecule has 0 aliphatic heterocycles. The Balaban J connectivity index is 2.63. The van der Waals surface area contributed by atoms with Crippen LogP contribution < -0.4 is 0 Å². The molecule has 2 aromatic rings. The molecule has 76 valence electrons. The van der Waals surface area contributed by atoms with Gasteiger partial charge in [0.1, 0.15) is 6.07 Å². The first-order chi connectivity index (χ1) is 7.86. The molecule has 0 atom stereocenters. The number of nitrogens with zero attached hydrogens (tertiary/aromatic N) is 7. The van der Waals surface area contributed by atoms with Crippen LogP contribution in [0.25, 0.3) is 16.1 Å². The molecular formula is C9H5N7. The first-order valence-corrected chi connectivity index (χ1v) is 4.33. The van der Waals surface area contributed by atoms with E-state index >= 15 is 0 Å². The molecule has 0 fully saturated rings. The standard InChI is InChI=1S/C9H5N7/c10-6-8-9(13-14-11)16(15-12-8)7-4-2-1-3-5-7/h1-5H. The SMILES string of the molecule is N#Cc1nnn(-c2ccccc2)c1N=[N+]=[N-]. The fourth-order valence-corrected chi connectivity index (χ4v) is 1.22. The van der Waals surface area contributed by atoms with Gasteiger partial charge in [0.05, 0.1) is 5.69 Å². The van der Waals surface area contributed by atoms with Crippen LogP contribution in [0, 0.1) is 11.3 Å². The molecule has 0 aliphatic rings. The van der Waals surface area contributed by atoms with Gasteiger partial charge in [-0.1, -0.05) is 23.4 Å². The number of para-hydroxylation sites is 1. The van der Waals surface area contributed by atoms with Gasteiger partial charge >= 0.3 is 0 Å². The lowest BCUT2D eigenvalue weighted by molar-refractivity contribution is 0.803. The van der Waals surface area contributed by atoms with Crippen molar-refractivity contribution in [1.82, 2.24) is 15.0 Å². The van der Waals surface area contributed by atoms with Gasteiger partial charge in [-0.25, -0.2) is 4.68 Å². The van der Waals surface area contributed by atoms with Crippen LogP contribution in [0.4, 0.5) is 5.82 Å². The molecule has 0 aliphatic carbocycles. The minimum Gasteiger partial charge on any atom is -0.210 e. The molecule has 16 heavy (non-hydrogen) atoms. The van der Waals surface area contributed by atoms with E-state index in [4.69, 9.17) is 10.8 Å². The smallest absolute Gasteiger partial charge is 0.192 e. The molecule has 0 unspecified atom stereocenters. The Morgan fingerprint density at radius 2 is 2.12 bits per heavy atom. The quantitative estimate of drug-likeness (QED) is 0.431. The summed E-state index contributed by atoms with van der Waals surface area (Å²) in [6, 6.07) is 10.8. The maximum absolute atomic E-state index is 8.76. The first-order valence-electron chi connectivity index (χ1n) is 4.33. The highest BCUT2D eigenvalue weighted by atomic mass is 15.5. The Labute approximate surface area is 90.2 Å². The highest BCUT2D eigenvalue weighted by molar-refractivity contribution is 5.48. The van der Waals surface area contributed by atoms with Crippen molar-refractivity contribution < 1.29 is 0 Å². The van der Waals surface area contributed by atoms with E-state index < -0.39 is 0 Å².